The Morgan fingerprint density at radius 1 is 1.00 bits per heavy atom. The molecule has 0 amide bonds. The van der Waals surface area contributed by atoms with Crippen molar-refractivity contribution >= 4 is 0 Å². The molecule has 5 heteroatoms. The zero-order valence-corrected chi connectivity index (χ0v) is 16.2. The number of hydrogen-bond acceptors (Lipinski definition) is 4. The molecular weight excluding hydrogens is 312 g/mol. The van der Waals surface area contributed by atoms with E-state index in [0.717, 1.165) is 31.4 Å². The van der Waals surface area contributed by atoms with E-state index in [0.29, 0.717) is 6.54 Å². The van der Waals surface area contributed by atoms with Crippen LogP contribution in [-0.2, 0) is 12.0 Å². The third-order valence-corrected chi connectivity index (χ3v) is 5.76. The fourth-order valence-corrected chi connectivity index (χ4v) is 4.04. The van der Waals surface area contributed by atoms with Gasteiger partial charge in [-0.1, -0.05) is 40.0 Å². The fourth-order valence-electron chi connectivity index (χ4n) is 4.04. The minimum absolute atomic E-state index is 0.00819. The summed E-state index contributed by atoms with van der Waals surface area (Å²) in [7, 11) is 0. The van der Waals surface area contributed by atoms with Crippen molar-refractivity contribution < 1.29 is 0 Å². The van der Waals surface area contributed by atoms with Crippen molar-refractivity contribution in [2.75, 3.05) is 32.7 Å². The van der Waals surface area contributed by atoms with Crippen LogP contribution in [0.15, 0.2) is 16.9 Å². The molecule has 1 saturated carbocycles. The molecule has 5 nitrogen and oxygen atoms in total. The monoisotopic (exact) mass is 346 g/mol. The van der Waals surface area contributed by atoms with Crippen LogP contribution in [0.25, 0.3) is 0 Å². The molecule has 0 aromatic carbocycles. The maximum Gasteiger partial charge on any atom is 0.266 e. The van der Waals surface area contributed by atoms with Crippen LogP contribution in [0.2, 0.25) is 0 Å². The molecule has 1 saturated heterocycles. The molecule has 1 aliphatic heterocycles. The second kappa shape index (κ2) is 8.00. The molecule has 1 aliphatic carbocycles. The van der Waals surface area contributed by atoms with Crippen LogP contribution < -0.4 is 5.56 Å². The van der Waals surface area contributed by atoms with E-state index >= 15 is 0 Å². The highest BCUT2D eigenvalue weighted by Crippen LogP contribution is 2.23. The van der Waals surface area contributed by atoms with E-state index in [1.165, 1.54) is 45.2 Å². The topological polar surface area (TPSA) is 41.4 Å². The smallest absolute Gasteiger partial charge is 0.266 e. The summed E-state index contributed by atoms with van der Waals surface area (Å²) >= 11 is 0. The Morgan fingerprint density at radius 3 is 2.32 bits per heavy atom. The first-order valence-corrected chi connectivity index (χ1v) is 9.98. The molecule has 3 rings (SSSR count). The van der Waals surface area contributed by atoms with Gasteiger partial charge in [-0.25, -0.2) is 4.68 Å². The van der Waals surface area contributed by atoms with Gasteiger partial charge in [0.05, 0.1) is 12.2 Å². The standard InChI is InChI=1S/C20H34N4O/c1-20(2,3)18-9-10-19(25)24(21-18)16-13-22-11-14-23(15-12-22)17-7-5-4-6-8-17/h9-10,17H,4-8,11-16H2,1-3H3. The number of hydrogen-bond donors (Lipinski definition) is 0. The predicted molar refractivity (Wildman–Crippen MR) is 102 cm³/mol. The van der Waals surface area contributed by atoms with Crippen molar-refractivity contribution in [3.8, 4) is 0 Å². The molecule has 25 heavy (non-hydrogen) atoms. The van der Waals surface area contributed by atoms with Crippen LogP contribution in [0.4, 0.5) is 0 Å². The molecule has 2 aliphatic rings. The normalized spacial score (nSPS) is 21.6. The van der Waals surface area contributed by atoms with Gasteiger partial charge in [0.15, 0.2) is 0 Å². The lowest BCUT2D eigenvalue weighted by atomic mass is 9.92. The lowest BCUT2D eigenvalue weighted by Gasteiger charge is -2.40. The lowest BCUT2D eigenvalue weighted by molar-refractivity contribution is 0.0765. The van der Waals surface area contributed by atoms with Gasteiger partial charge in [0, 0.05) is 50.2 Å². The van der Waals surface area contributed by atoms with E-state index < -0.39 is 0 Å². The maximum absolute atomic E-state index is 12.1. The predicted octanol–water partition coefficient (Wildman–Crippen LogP) is 2.49. The summed E-state index contributed by atoms with van der Waals surface area (Å²) in [4.78, 5) is 17.3. The van der Waals surface area contributed by atoms with Crippen LogP contribution in [-0.4, -0.2) is 58.3 Å². The summed E-state index contributed by atoms with van der Waals surface area (Å²) in [6.45, 7) is 12.6. The van der Waals surface area contributed by atoms with Gasteiger partial charge in [-0.15, -0.1) is 0 Å². The van der Waals surface area contributed by atoms with Crippen LogP contribution in [0.5, 0.6) is 0 Å². The molecule has 2 heterocycles. The lowest BCUT2D eigenvalue weighted by Crippen LogP contribution is -2.51. The van der Waals surface area contributed by atoms with Gasteiger partial charge in [-0.3, -0.25) is 14.6 Å². The molecule has 2 fully saturated rings. The van der Waals surface area contributed by atoms with Crippen LogP contribution in [0.3, 0.4) is 0 Å². The van der Waals surface area contributed by atoms with Gasteiger partial charge in [0.1, 0.15) is 0 Å². The summed E-state index contributed by atoms with van der Waals surface area (Å²) in [6.07, 6.45) is 7.01. The van der Waals surface area contributed by atoms with Gasteiger partial charge in [-0.2, -0.15) is 5.10 Å². The van der Waals surface area contributed by atoms with Gasteiger partial charge in [0.2, 0.25) is 0 Å². The minimum Gasteiger partial charge on any atom is -0.299 e. The first kappa shape index (κ1) is 18.6. The molecule has 140 valence electrons. The number of aromatic nitrogens is 2. The van der Waals surface area contributed by atoms with E-state index in [1.807, 2.05) is 6.07 Å². The highest BCUT2D eigenvalue weighted by atomic mass is 16.1. The molecule has 0 bridgehead atoms. The number of rotatable bonds is 4. The molecule has 0 atom stereocenters. The van der Waals surface area contributed by atoms with E-state index in [1.54, 1.807) is 10.7 Å². The van der Waals surface area contributed by atoms with E-state index in [-0.39, 0.29) is 11.0 Å². The van der Waals surface area contributed by atoms with Crippen molar-refractivity contribution in [2.24, 2.45) is 0 Å². The molecule has 0 radical (unpaired) electrons. The quantitative estimate of drug-likeness (QED) is 0.840. The van der Waals surface area contributed by atoms with Crippen molar-refractivity contribution in [3.05, 3.63) is 28.2 Å². The molecule has 1 aromatic heterocycles. The highest BCUT2D eigenvalue weighted by Gasteiger charge is 2.25. The molecule has 0 spiro atoms. The van der Waals surface area contributed by atoms with E-state index in [2.05, 4.69) is 35.7 Å². The second-order valence-corrected chi connectivity index (χ2v) is 8.70. The molecule has 0 N–H and O–H groups in total. The van der Waals surface area contributed by atoms with Crippen molar-refractivity contribution in [3.63, 3.8) is 0 Å². The zero-order valence-electron chi connectivity index (χ0n) is 16.2. The zero-order chi connectivity index (χ0) is 17.9. The minimum atomic E-state index is -0.0267. The Bertz CT molecular complexity index is 605. The third kappa shape index (κ3) is 4.91. The summed E-state index contributed by atoms with van der Waals surface area (Å²) in [5.74, 6) is 0. The summed E-state index contributed by atoms with van der Waals surface area (Å²) in [5, 5.41) is 4.58. The summed E-state index contributed by atoms with van der Waals surface area (Å²) < 4.78 is 1.65. The fraction of sp³-hybridized carbons (Fsp3) is 0.800. The first-order valence-electron chi connectivity index (χ1n) is 9.98. The second-order valence-electron chi connectivity index (χ2n) is 8.70. The largest absolute Gasteiger partial charge is 0.299 e. The first-order chi connectivity index (χ1) is 11.9. The molecule has 1 aromatic rings. The SMILES string of the molecule is CC(C)(C)c1ccc(=O)n(CCN2CCN(C3CCCCC3)CC2)n1. The number of nitrogens with zero attached hydrogens (tertiary/aromatic N) is 4. The Morgan fingerprint density at radius 2 is 1.68 bits per heavy atom. The Balaban J connectivity index is 1.51. The highest BCUT2D eigenvalue weighted by molar-refractivity contribution is 5.10. The van der Waals surface area contributed by atoms with Crippen LogP contribution >= 0.6 is 0 Å². The van der Waals surface area contributed by atoms with Crippen molar-refractivity contribution in [1.82, 2.24) is 19.6 Å². The van der Waals surface area contributed by atoms with Gasteiger partial charge < -0.3 is 0 Å². The summed E-state index contributed by atoms with van der Waals surface area (Å²) in [5.41, 5.74) is 0.962. The van der Waals surface area contributed by atoms with E-state index in [4.69, 9.17) is 0 Å². The summed E-state index contributed by atoms with van der Waals surface area (Å²) in [6, 6.07) is 4.35. The average molecular weight is 347 g/mol. The molecule has 0 unspecified atom stereocenters. The van der Waals surface area contributed by atoms with Crippen molar-refractivity contribution in [1.29, 1.82) is 0 Å². The maximum atomic E-state index is 12.1. The Hall–Kier alpha value is -1.20. The van der Waals surface area contributed by atoms with Crippen molar-refractivity contribution in [2.45, 2.75) is 70.9 Å². The van der Waals surface area contributed by atoms with Crippen LogP contribution in [0.1, 0.15) is 58.6 Å². The van der Waals surface area contributed by atoms with Gasteiger partial charge in [0.25, 0.3) is 5.56 Å². The Labute approximate surface area is 152 Å². The number of piperazine rings is 1. The third-order valence-electron chi connectivity index (χ3n) is 5.76. The van der Waals surface area contributed by atoms with Gasteiger partial charge >= 0.3 is 0 Å². The molecular formula is C20H34N4O. The Kier molecular flexibility index (Phi) is 5.95. The van der Waals surface area contributed by atoms with Crippen LogP contribution in [0, 0.1) is 0 Å². The van der Waals surface area contributed by atoms with E-state index in [9.17, 15) is 4.79 Å². The average Bonchev–Trinajstić information content (AvgIpc) is 2.61. The van der Waals surface area contributed by atoms with Gasteiger partial charge in [-0.05, 0) is 18.9 Å².